The highest BCUT2D eigenvalue weighted by Crippen LogP contribution is 2.33. The largest absolute Gasteiger partial charge is 0.490 e. The fourth-order valence-corrected chi connectivity index (χ4v) is 2.91. The predicted molar refractivity (Wildman–Crippen MR) is 101 cm³/mol. The number of rotatable bonds is 7. The number of aromatic nitrogens is 2. The molecule has 0 bridgehead atoms. The molecule has 0 aliphatic heterocycles. The highest BCUT2D eigenvalue weighted by atomic mass is 19.3. The van der Waals surface area contributed by atoms with Gasteiger partial charge in [0, 0.05) is 5.56 Å². The van der Waals surface area contributed by atoms with Crippen LogP contribution in [0.1, 0.15) is 23.3 Å². The van der Waals surface area contributed by atoms with Crippen molar-refractivity contribution in [2.24, 2.45) is 0 Å². The zero-order chi connectivity index (χ0) is 20.4. The van der Waals surface area contributed by atoms with E-state index in [0.717, 1.165) is 12.8 Å². The third-order valence-electron chi connectivity index (χ3n) is 4.37. The van der Waals surface area contributed by atoms with Gasteiger partial charge in [0.2, 0.25) is 0 Å². The van der Waals surface area contributed by atoms with E-state index in [2.05, 4.69) is 9.84 Å². The lowest BCUT2D eigenvalue weighted by atomic mass is 10.1. The number of carbonyl (C=O) groups excluding carboxylic acids is 1. The molecular weight excluding hydrogens is 382 g/mol. The van der Waals surface area contributed by atoms with E-state index in [1.165, 1.54) is 17.9 Å². The Kier molecular flexibility index (Phi) is 5.16. The smallest absolute Gasteiger partial charge is 0.387 e. The van der Waals surface area contributed by atoms with Gasteiger partial charge in [-0.3, -0.25) is 0 Å². The molecule has 3 aromatic rings. The van der Waals surface area contributed by atoms with Gasteiger partial charge >= 0.3 is 12.6 Å². The van der Waals surface area contributed by atoms with Gasteiger partial charge in [0.15, 0.2) is 11.4 Å². The molecule has 8 heteroatoms. The number of ether oxygens (including phenoxy) is 3. The number of methoxy groups -OCH3 is 1. The Morgan fingerprint density at radius 2 is 1.93 bits per heavy atom. The number of hydrogen-bond acceptors (Lipinski definition) is 5. The quantitative estimate of drug-likeness (QED) is 0.548. The van der Waals surface area contributed by atoms with Crippen LogP contribution in [0.25, 0.3) is 16.9 Å². The second kappa shape index (κ2) is 7.90. The molecule has 0 atom stereocenters. The molecule has 29 heavy (non-hydrogen) atoms. The monoisotopic (exact) mass is 400 g/mol. The first-order valence-electron chi connectivity index (χ1n) is 9.05. The molecule has 4 rings (SSSR count). The number of halogens is 2. The van der Waals surface area contributed by atoms with Crippen LogP contribution in [-0.4, -0.2) is 35.6 Å². The Hall–Kier alpha value is -3.42. The number of carbonyl (C=O) groups is 1. The molecule has 1 aliphatic carbocycles. The fourth-order valence-electron chi connectivity index (χ4n) is 2.91. The molecule has 6 nitrogen and oxygen atoms in total. The van der Waals surface area contributed by atoms with E-state index in [4.69, 9.17) is 9.47 Å². The van der Waals surface area contributed by atoms with Gasteiger partial charge in [0.1, 0.15) is 11.4 Å². The fraction of sp³-hybridized carbons (Fsp3) is 0.238. The van der Waals surface area contributed by atoms with Gasteiger partial charge in [-0.05, 0) is 43.2 Å². The molecule has 0 radical (unpaired) electrons. The molecule has 0 amide bonds. The molecule has 150 valence electrons. The van der Waals surface area contributed by atoms with Gasteiger partial charge in [0.05, 0.1) is 18.9 Å². The van der Waals surface area contributed by atoms with Crippen LogP contribution >= 0.6 is 0 Å². The minimum atomic E-state index is -2.99. The van der Waals surface area contributed by atoms with E-state index >= 15 is 0 Å². The van der Waals surface area contributed by atoms with Crippen molar-refractivity contribution in [2.45, 2.75) is 25.6 Å². The van der Waals surface area contributed by atoms with Gasteiger partial charge in [-0.15, -0.1) is 0 Å². The van der Waals surface area contributed by atoms with Gasteiger partial charge < -0.3 is 14.2 Å². The molecule has 1 heterocycles. The van der Waals surface area contributed by atoms with Crippen LogP contribution in [0.15, 0.2) is 54.6 Å². The van der Waals surface area contributed by atoms with Crippen molar-refractivity contribution in [1.29, 1.82) is 0 Å². The van der Waals surface area contributed by atoms with Gasteiger partial charge in [-0.25, -0.2) is 9.48 Å². The average molecular weight is 400 g/mol. The third-order valence-corrected chi connectivity index (χ3v) is 4.37. The van der Waals surface area contributed by atoms with E-state index in [1.54, 1.807) is 24.3 Å². The van der Waals surface area contributed by atoms with E-state index in [9.17, 15) is 13.6 Å². The molecule has 1 aromatic heterocycles. The molecule has 0 saturated heterocycles. The van der Waals surface area contributed by atoms with Gasteiger partial charge in [-0.2, -0.15) is 13.9 Å². The predicted octanol–water partition coefficient (Wildman–Crippen LogP) is 4.47. The van der Waals surface area contributed by atoms with E-state index < -0.39 is 12.6 Å². The maximum absolute atomic E-state index is 12.9. The number of para-hydroxylation sites is 2. The molecule has 0 spiro atoms. The first kappa shape index (κ1) is 18.9. The van der Waals surface area contributed by atoms with E-state index in [-0.39, 0.29) is 23.2 Å². The number of benzene rings is 2. The third kappa shape index (κ3) is 4.21. The summed E-state index contributed by atoms with van der Waals surface area (Å²) >= 11 is 0. The average Bonchev–Trinajstić information content (AvgIpc) is 3.41. The van der Waals surface area contributed by atoms with Crippen molar-refractivity contribution in [1.82, 2.24) is 9.78 Å². The lowest BCUT2D eigenvalue weighted by Crippen LogP contribution is -2.08. The maximum atomic E-state index is 12.9. The van der Waals surface area contributed by atoms with E-state index in [1.807, 2.05) is 24.3 Å². The molecule has 1 saturated carbocycles. The number of alkyl halides is 2. The topological polar surface area (TPSA) is 62.6 Å². The standard InChI is InChI=1S/C21H18F2N2O4/c1-27-20(26)16-12-18(13-5-4-6-15(11-13)28-14-9-10-14)25(24-16)17-7-2-3-8-19(17)29-21(22)23/h2-8,11-12,14,21H,9-10H2,1H3. The van der Waals surface area contributed by atoms with Crippen molar-refractivity contribution in [3.05, 3.63) is 60.3 Å². The summed E-state index contributed by atoms with van der Waals surface area (Å²) < 4.78 is 42.4. The summed E-state index contributed by atoms with van der Waals surface area (Å²) in [5.41, 5.74) is 1.53. The Bertz CT molecular complexity index is 1030. The zero-order valence-corrected chi connectivity index (χ0v) is 15.5. The summed E-state index contributed by atoms with van der Waals surface area (Å²) in [6.45, 7) is -2.99. The Balaban J connectivity index is 1.82. The second-order valence-electron chi connectivity index (χ2n) is 6.51. The molecule has 1 aliphatic rings. The van der Waals surface area contributed by atoms with Gasteiger partial charge in [-0.1, -0.05) is 24.3 Å². The maximum Gasteiger partial charge on any atom is 0.387 e. The van der Waals surface area contributed by atoms with Crippen molar-refractivity contribution >= 4 is 5.97 Å². The number of hydrogen-bond donors (Lipinski definition) is 0. The van der Waals surface area contributed by atoms with Crippen molar-refractivity contribution in [3.8, 4) is 28.4 Å². The molecule has 0 N–H and O–H groups in total. The van der Waals surface area contributed by atoms with Gasteiger partial charge in [0.25, 0.3) is 0 Å². The Labute approximate surface area is 165 Å². The summed E-state index contributed by atoms with van der Waals surface area (Å²) in [6.07, 6.45) is 2.26. The van der Waals surface area contributed by atoms with Crippen LogP contribution in [0.5, 0.6) is 11.5 Å². The van der Waals surface area contributed by atoms with Crippen LogP contribution in [-0.2, 0) is 4.74 Å². The molecular formula is C21H18F2N2O4. The first-order chi connectivity index (χ1) is 14.0. The molecule has 2 aromatic carbocycles. The minimum absolute atomic E-state index is 0.0443. The summed E-state index contributed by atoms with van der Waals surface area (Å²) in [6, 6.07) is 15.1. The first-order valence-corrected chi connectivity index (χ1v) is 9.05. The molecule has 1 fully saturated rings. The lowest BCUT2D eigenvalue weighted by molar-refractivity contribution is -0.0499. The zero-order valence-electron chi connectivity index (χ0n) is 15.5. The highest BCUT2D eigenvalue weighted by Gasteiger charge is 2.24. The van der Waals surface area contributed by atoms with Crippen LogP contribution in [0.4, 0.5) is 8.78 Å². The number of nitrogens with zero attached hydrogens (tertiary/aromatic N) is 2. The Morgan fingerprint density at radius 3 is 2.66 bits per heavy atom. The summed E-state index contributed by atoms with van der Waals surface area (Å²) in [5, 5.41) is 4.27. The van der Waals surface area contributed by atoms with E-state index in [0.29, 0.717) is 17.0 Å². The second-order valence-corrected chi connectivity index (χ2v) is 6.51. The highest BCUT2D eigenvalue weighted by molar-refractivity contribution is 5.89. The summed E-state index contributed by atoms with van der Waals surface area (Å²) in [5.74, 6) is -0.00854. The van der Waals surface area contributed by atoms with Crippen LogP contribution < -0.4 is 9.47 Å². The number of esters is 1. The van der Waals surface area contributed by atoms with Crippen molar-refractivity contribution in [2.75, 3.05) is 7.11 Å². The Morgan fingerprint density at radius 1 is 1.14 bits per heavy atom. The van der Waals surface area contributed by atoms with Crippen LogP contribution in [0, 0.1) is 0 Å². The van der Waals surface area contributed by atoms with Crippen molar-refractivity contribution < 1.29 is 27.8 Å². The summed E-state index contributed by atoms with van der Waals surface area (Å²) in [4.78, 5) is 12.1. The SMILES string of the molecule is COC(=O)c1cc(-c2cccc(OC3CC3)c2)n(-c2ccccc2OC(F)F)n1. The minimum Gasteiger partial charge on any atom is -0.490 e. The van der Waals surface area contributed by atoms with Crippen LogP contribution in [0.3, 0.4) is 0 Å². The molecule has 0 unspecified atom stereocenters. The summed E-state index contributed by atoms with van der Waals surface area (Å²) in [7, 11) is 1.25. The van der Waals surface area contributed by atoms with Crippen LogP contribution in [0.2, 0.25) is 0 Å². The lowest BCUT2D eigenvalue weighted by Gasteiger charge is -2.13. The normalized spacial score (nSPS) is 13.4. The van der Waals surface area contributed by atoms with Crippen molar-refractivity contribution in [3.63, 3.8) is 0 Å².